The minimum Gasteiger partial charge on any atom is -0.382 e. The second-order valence-electron chi connectivity index (χ2n) is 9.14. The molecule has 0 radical (unpaired) electrons. The number of phosphoric ester groups is 1. The van der Waals surface area contributed by atoms with E-state index in [0.717, 1.165) is 43.7 Å². The van der Waals surface area contributed by atoms with Crippen LogP contribution in [0.1, 0.15) is 12.5 Å². The Hall–Kier alpha value is -2.62. The minimum atomic E-state index is -5.27. The first-order chi connectivity index (χ1) is 20.9. The summed E-state index contributed by atoms with van der Waals surface area (Å²) >= 11 is 0.152. The molecule has 44 heavy (non-hydrogen) atoms. The van der Waals surface area contributed by atoms with Gasteiger partial charge in [0, 0.05) is 19.4 Å². The number of alkyl halides is 2. The molecule has 0 aromatic carbocycles. The van der Waals surface area contributed by atoms with Crippen molar-refractivity contribution < 1.29 is 54.6 Å². The van der Waals surface area contributed by atoms with E-state index in [9.17, 15) is 23.6 Å². The summed E-state index contributed by atoms with van der Waals surface area (Å²) in [6.07, 6.45) is -10.7. The number of phosphoric acid groups is 1. The van der Waals surface area contributed by atoms with Crippen LogP contribution in [0.5, 0.6) is 0 Å². The summed E-state index contributed by atoms with van der Waals surface area (Å²) in [5, 5.41) is 0. The van der Waals surface area contributed by atoms with E-state index in [2.05, 4.69) is 15.0 Å². The molecule has 5 rings (SSSR count). The Bertz CT molecular complexity index is 1710. The van der Waals surface area contributed by atoms with Crippen LogP contribution in [0.2, 0.25) is 0 Å². The molecule has 9 atom stereocenters. The molecule has 2 saturated heterocycles. The molecule has 0 spiro atoms. The summed E-state index contributed by atoms with van der Waals surface area (Å²) in [5.41, 5.74) is 3.90. The van der Waals surface area contributed by atoms with Gasteiger partial charge in [0.15, 0.2) is 36.3 Å². The molecule has 5 heterocycles. The van der Waals surface area contributed by atoms with E-state index < -0.39 is 82.2 Å². The average Bonchev–Trinajstić information content (AvgIpc) is 3.53. The van der Waals surface area contributed by atoms with Crippen molar-refractivity contribution in [3.05, 3.63) is 45.8 Å². The maximum absolute atomic E-state index is 16.1. The summed E-state index contributed by atoms with van der Waals surface area (Å²) in [5.74, 6) is -0.0834. The summed E-state index contributed by atoms with van der Waals surface area (Å²) < 4.78 is 97.2. The Balaban J connectivity index is 1.54. The van der Waals surface area contributed by atoms with E-state index in [0.29, 0.717) is 4.57 Å². The van der Waals surface area contributed by atoms with Gasteiger partial charge >= 0.3 is 20.3 Å². The lowest BCUT2D eigenvalue weighted by Crippen LogP contribution is -2.37. The van der Waals surface area contributed by atoms with Crippen LogP contribution in [0.4, 0.5) is 14.6 Å². The van der Waals surface area contributed by atoms with E-state index in [-0.39, 0.29) is 28.6 Å². The van der Waals surface area contributed by atoms with Crippen LogP contribution in [0.15, 0.2) is 34.5 Å². The Morgan fingerprint density at radius 3 is 2.57 bits per heavy atom. The molecule has 3 aromatic heterocycles. The highest BCUT2D eigenvalue weighted by atomic mass is 32.7. The summed E-state index contributed by atoms with van der Waals surface area (Å²) in [4.78, 5) is 48.2. The molecule has 3 aromatic rings. The van der Waals surface area contributed by atoms with Crippen LogP contribution in [0, 0.1) is 0 Å². The first-order valence-corrected chi connectivity index (χ1v) is 16.8. The maximum Gasteiger partial charge on any atom is 0.474 e. The number of anilines is 1. The van der Waals surface area contributed by atoms with E-state index in [1.54, 1.807) is 0 Å². The summed E-state index contributed by atoms with van der Waals surface area (Å²) in [6.45, 7) is -6.37. The number of rotatable bonds is 5. The molecule has 0 saturated carbocycles. The van der Waals surface area contributed by atoms with Gasteiger partial charge in [-0.2, -0.15) is 0 Å². The zero-order valence-electron chi connectivity index (χ0n) is 22.6. The molecule has 0 bridgehead atoms. The molecule has 4 N–H and O–H groups in total. The van der Waals surface area contributed by atoms with Crippen molar-refractivity contribution in [2.75, 3.05) is 33.2 Å². The SMILES string of the molecule is COSP1(=O)OC[C@@H](OC)[C@@H](F)[C@H](n2cnc3c(N)ncnc32)OP(=O)(O)OC[C@H]2O[C@@H](n3ccc(=O)[nH]c3=O)[C@H](F)[C@@H]2O1. The van der Waals surface area contributed by atoms with Gasteiger partial charge in [-0.3, -0.25) is 37.0 Å². The summed E-state index contributed by atoms with van der Waals surface area (Å²) in [6, 6.07) is 0.921. The highest BCUT2D eigenvalue weighted by molar-refractivity contribution is 8.52. The Morgan fingerprint density at radius 1 is 1.09 bits per heavy atom. The third-order valence-electron chi connectivity index (χ3n) is 6.44. The summed E-state index contributed by atoms with van der Waals surface area (Å²) in [7, 11) is -3.10. The van der Waals surface area contributed by atoms with Crippen LogP contribution in [0.25, 0.3) is 11.2 Å². The number of nitrogen functional groups attached to an aromatic ring is 1. The van der Waals surface area contributed by atoms with E-state index in [1.165, 1.54) is 0 Å². The van der Waals surface area contributed by atoms with Crippen molar-refractivity contribution in [3.63, 3.8) is 0 Å². The molecule has 0 aliphatic carbocycles. The van der Waals surface area contributed by atoms with E-state index in [4.69, 9.17) is 37.5 Å². The second kappa shape index (κ2) is 13.0. The van der Waals surface area contributed by atoms with Gasteiger partial charge in [0.05, 0.1) is 26.7 Å². The monoisotopic (exact) mass is 687 g/mol. The van der Waals surface area contributed by atoms with Gasteiger partial charge < -0.3 is 24.3 Å². The van der Waals surface area contributed by atoms with Gasteiger partial charge in [0.1, 0.15) is 41.8 Å². The average molecular weight is 687 g/mol. The quantitative estimate of drug-likeness (QED) is 0.250. The number of hydrogen-bond donors (Lipinski definition) is 3. The molecule has 19 nitrogen and oxygen atoms in total. The largest absolute Gasteiger partial charge is 0.474 e. The molecule has 24 heteroatoms. The Kier molecular flexibility index (Phi) is 9.69. The van der Waals surface area contributed by atoms with E-state index >= 15 is 8.78 Å². The molecule has 2 aliphatic rings. The lowest BCUT2D eigenvalue weighted by Gasteiger charge is -2.29. The molecule has 2 unspecified atom stereocenters. The van der Waals surface area contributed by atoms with Gasteiger partial charge in [-0.15, -0.1) is 0 Å². The first-order valence-electron chi connectivity index (χ1n) is 12.4. The smallest absolute Gasteiger partial charge is 0.382 e. The fourth-order valence-electron chi connectivity index (χ4n) is 4.41. The normalized spacial score (nSPS) is 35.4. The van der Waals surface area contributed by atoms with Crippen molar-refractivity contribution in [2.45, 2.75) is 43.1 Å². The van der Waals surface area contributed by atoms with Gasteiger partial charge in [0.25, 0.3) is 5.56 Å². The molecule has 2 aliphatic heterocycles. The number of H-pyrrole nitrogens is 1. The number of methoxy groups -OCH3 is 1. The predicted molar refractivity (Wildman–Crippen MR) is 144 cm³/mol. The first kappa shape index (κ1) is 32.8. The van der Waals surface area contributed by atoms with E-state index in [1.807, 2.05) is 4.98 Å². The predicted octanol–water partition coefficient (Wildman–Crippen LogP) is 0.998. The van der Waals surface area contributed by atoms with Gasteiger partial charge in [0.2, 0.25) is 0 Å². The van der Waals surface area contributed by atoms with Crippen LogP contribution in [-0.4, -0.2) is 92.1 Å². The van der Waals surface area contributed by atoms with Crippen LogP contribution < -0.4 is 17.0 Å². The highest BCUT2D eigenvalue weighted by Crippen LogP contribution is 2.63. The Labute approximate surface area is 249 Å². The number of nitrogens with one attached hydrogen (secondary N) is 1. The van der Waals surface area contributed by atoms with Crippen LogP contribution >= 0.6 is 26.3 Å². The van der Waals surface area contributed by atoms with Crippen molar-refractivity contribution in [3.8, 4) is 0 Å². The van der Waals surface area contributed by atoms with Crippen molar-refractivity contribution in [1.82, 2.24) is 29.1 Å². The molecule has 2 fully saturated rings. The third-order valence-corrected chi connectivity index (χ3v) is 10.3. The number of halogens is 2. The minimum absolute atomic E-state index is 0.0132. The maximum atomic E-state index is 16.1. The lowest BCUT2D eigenvalue weighted by atomic mass is 10.1. The zero-order valence-corrected chi connectivity index (χ0v) is 25.2. The zero-order chi connectivity index (χ0) is 31.8. The standard InChI is InChI=1S/C20H25F2N7O12P2S/c1-35-9-5-38-43(34,44-36-2)40-15-10(39-18(13(15)22)28-4-3-11(30)27-20(28)31)6-37-42(32,33)41-19(12(9)21)29-8-26-14-16(23)24-7-25-17(14)29/h3-4,7-10,12-13,15,18-19H,5-6H2,1-2H3,(H,32,33)(H2,23,24,25)(H,27,30,31)/t9-,10-,12-,13-,15-,18-,19-,43?/m1/s1. The number of nitrogens with two attached hydrogens (primary N) is 1. The number of hydrogen-bond acceptors (Lipinski definition) is 16. The fraction of sp³-hybridized carbons (Fsp3) is 0.550. The number of fused-ring (bicyclic) bond motifs is 2. The number of imidazole rings is 1. The molecule has 242 valence electrons. The van der Waals surface area contributed by atoms with Gasteiger partial charge in [-0.25, -0.2) is 37.7 Å². The van der Waals surface area contributed by atoms with Gasteiger partial charge in [-0.1, -0.05) is 0 Å². The van der Waals surface area contributed by atoms with Crippen molar-refractivity contribution >= 4 is 43.3 Å². The number of nitrogens with zero attached hydrogens (tertiary/aromatic N) is 5. The van der Waals surface area contributed by atoms with Crippen LogP contribution in [0.3, 0.4) is 0 Å². The molecular formula is C20H25F2N7O12P2S. The highest BCUT2D eigenvalue weighted by Gasteiger charge is 2.52. The molecule has 0 amide bonds. The van der Waals surface area contributed by atoms with Crippen molar-refractivity contribution in [1.29, 1.82) is 0 Å². The topological polar surface area (TPSA) is 243 Å². The second-order valence-corrected chi connectivity index (χ2v) is 14.2. The Morgan fingerprint density at radius 2 is 1.86 bits per heavy atom. The third kappa shape index (κ3) is 6.65. The van der Waals surface area contributed by atoms with Gasteiger partial charge in [-0.05, 0) is 0 Å². The number of aromatic nitrogens is 6. The van der Waals surface area contributed by atoms with Crippen molar-refractivity contribution in [2.24, 2.45) is 0 Å². The molecular weight excluding hydrogens is 662 g/mol. The number of aromatic amines is 1. The van der Waals surface area contributed by atoms with Crippen LogP contribution in [-0.2, 0) is 40.9 Å². The lowest BCUT2D eigenvalue weighted by molar-refractivity contribution is -0.0786. The number of ether oxygens (including phenoxy) is 2. The fourth-order valence-corrected chi connectivity index (χ4v) is 7.76.